The van der Waals surface area contributed by atoms with Gasteiger partial charge >= 0.3 is 23.9 Å². The van der Waals surface area contributed by atoms with Gasteiger partial charge in [0.25, 0.3) is 0 Å². The second-order valence-electron chi connectivity index (χ2n) is 20.4. The van der Waals surface area contributed by atoms with E-state index in [1.807, 2.05) is 43.3 Å². The van der Waals surface area contributed by atoms with E-state index in [1.54, 1.807) is 26.0 Å². The highest BCUT2D eigenvalue weighted by molar-refractivity contribution is 6.03. The molecule has 0 radical (unpaired) electrons. The highest BCUT2D eigenvalue weighted by Crippen LogP contribution is 2.57. The van der Waals surface area contributed by atoms with E-state index in [4.69, 9.17) is 24.8 Å². The molecule has 3 aliphatic rings. The summed E-state index contributed by atoms with van der Waals surface area (Å²) in [6.45, 7) is 6.58. The molecule has 1 saturated heterocycles. The number of hydrogen-bond acceptors (Lipinski definition) is 19. The summed E-state index contributed by atoms with van der Waals surface area (Å²) in [6.07, 6.45) is 1.86. The predicted molar refractivity (Wildman–Crippen MR) is 292 cm³/mol. The van der Waals surface area contributed by atoms with E-state index in [-0.39, 0.29) is 64.6 Å². The third kappa shape index (κ3) is 12.8. The zero-order chi connectivity index (χ0) is 58.3. The molecule has 0 saturated carbocycles. The van der Waals surface area contributed by atoms with Gasteiger partial charge in [-0.1, -0.05) is 13.8 Å². The topological polar surface area (TPSA) is 319 Å². The molecule has 0 bridgehead atoms. The molecule has 23 nitrogen and oxygen atoms in total. The summed E-state index contributed by atoms with van der Waals surface area (Å²) in [5, 5.41) is 36.9. The second-order valence-corrected chi connectivity index (χ2v) is 20.4. The lowest BCUT2D eigenvalue weighted by Gasteiger charge is -2.36. The number of nitrogens with zero attached hydrogens (tertiary/aromatic N) is 4. The molecule has 3 heterocycles. The number of nitrogens with one attached hydrogen (secondary N) is 4. The van der Waals surface area contributed by atoms with Gasteiger partial charge < -0.3 is 60.7 Å². The Morgan fingerprint density at radius 1 is 0.741 bits per heavy atom. The third-order valence-electron chi connectivity index (χ3n) is 14.0. The second kappa shape index (κ2) is 24.8. The smallest absolute Gasteiger partial charge is 0.356 e. The molecular formula is C58H63N9O14. The minimum Gasteiger partial charge on any atom is -0.508 e. The number of likely N-dealkylation sites (tertiary alicyclic amines) is 1. The number of ether oxygens (including phenoxy) is 3. The van der Waals surface area contributed by atoms with Crippen molar-refractivity contribution in [2.45, 2.75) is 95.6 Å². The highest BCUT2D eigenvalue weighted by atomic mass is 16.7. The number of nitrogens with two attached hydrogens (primary N) is 1. The lowest BCUT2D eigenvalue weighted by atomic mass is 9.77. The first kappa shape index (κ1) is 57.9. The van der Waals surface area contributed by atoms with Crippen molar-refractivity contribution in [2.75, 3.05) is 32.1 Å². The lowest BCUT2D eigenvalue weighted by molar-refractivity contribution is -0.146. The Morgan fingerprint density at radius 3 is 1.95 bits per heavy atom. The number of carbonyl (C=O) groups is 8. The normalized spacial score (nSPS) is 16.2. The van der Waals surface area contributed by atoms with Gasteiger partial charge in [-0.25, -0.2) is 19.2 Å². The van der Waals surface area contributed by atoms with Crippen LogP contribution in [0.3, 0.4) is 0 Å². The number of rotatable bonds is 20. The van der Waals surface area contributed by atoms with Crippen molar-refractivity contribution in [2.24, 2.45) is 21.9 Å². The van der Waals surface area contributed by atoms with Crippen molar-refractivity contribution < 1.29 is 67.6 Å². The molecule has 0 aromatic heterocycles. The maximum atomic E-state index is 14.0. The number of anilines is 1. The van der Waals surface area contributed by atoms with Gasteiger partial charge in [0, 0.05) is 55.2 Å². The number of phenolic OH excluding ortho intramolecular Hbond substituents is 2. The van der Waals surface area contributed by atoms with E-state index in [1.165, 1.54) is 85.5 Å². The molecule has 81 heavy (non-hydrogen) atoms. The van der Waals surface area contributed by atoms with Gasteiger partial charge in [0.15, 0.2) is 5.60 Å². The molecule has 0 unspecified atom stereocenters. The van der Waals surface area contributed by atoms with E-state index < -0.39 is 89.2 Å². The van der Waals surface area contributed by atoms with Crippen LogP contribution >= 0.6 is 0 Å². The molecular weight excluding hydrogens is 1050 g/mol. The number of aromatic hydroxyl groups is 2. The lowest BCUT2D eigenvalue weighted by Crippen LogP contribution is -2.57. The van der Waals surface area contributed by atoms with Crippen LogP contribution in [-0.2, 0) is 43.9 Å². The van der Waals surface area contributed by atoms with Crippen molar-refractivity contribution in [3.63, 3.8) is 0 Å². The SMILES string of the molecule is CC(C)[C@H](NC(=O)[C@@H]1CCCN1C(=O)[C@H](C)NC(=O)[C@H](C)NC(=O)[C@H](CCCCN)NOC(=O)c1ccc(N=Nc2ccc(N(C)C)cc2)cc1)C(=O)OC(=O)c1ccc2c(c1)C1(OC2=O)c2ccc(O)cc2Oc2cc(O)ccc21. The van der Waals surface area contributed by atoms with Crippen molar-refractivity contribution in [3.05, 3.63) is 137 Å². The van der Waals surface area contributed by atoms with E-state index >= 15 is 0 Å². The first-order valence-electron chi connectivity index (χ1n) is 26.3. The molecule has 1 spiro atoms. The van der Waals surface area contributed by atoms with Gasteiger partial charge in [0.1, 0.15) is 53.2 Å². The van der Waals surface area contributed by atoms with Gasteiger partial charge in [-0.2, -0.15) is 10.2 Å². The van der Waals surface area contributed by atoms with Crippen LogP contribution in [-0.4, -0.2) is 120 Å². The number of benzene rings is 5. The molecule has 424 valence electrons. The standard InChI is InChI=1S/C58H63N9O14/c1-31(2)49(57(77)79-54(74)35-14-23-41-44(28-35)58(80-56(41)76)42-24-21-39(68)29-47(42)78-48-30-40(69)22-25-43(48)58)62-52(72)46-11-9-27-67(46)53(73)33(4)61-50(70)32(3)60-51(71)45(10-7-8-26-59)65-81-55(75)34-12-15-36(16-13-34)63-64-37-17-19-38(20-18-37)66(5)6/h12-25,28-33,45-46,49,65,68-69H,7-11,26-27,59H2,1-6H3,(H,60,71)(H,61,70)(H,62,72)/t32-,33-,45-,46-,49-/m0/s1. The number of amides is 4. The van der Waals surface area contributed by atoms with Gasteiger partial charge in [0.05, 0.1) is 28.1 Å². The van der Waals surface area contributed by atoms with E-state index in [9.17, 15) is 48.6 Å². The predicted octanol–water partition coefficient (Wildman–Crippen LogP) is 5.83. The minimum absolute atomic E-state index is 0.0897. The molecule has 5 aromatic rings. The monoisotopic (exact) mass is 1110 g/mol. The molecule has 23 heteroatoms. The Morgan fingerprint density at radius 2 is 1.35 bits per heavy atom. The van der Waals surface area contributed by atoms with Gasteiger partial charge in [-0.15, -0.1) is 5.48 Å². The molecule has 0 aliphatic carbocycles. The summed E-state index contributed by atoms with van der Waals surface area (Å²) in [6, 6.07) is 20.1. The van der Waals surface area contributed by atoms with E-state index in [0.29, 0.717) is 48.3 Å². The van der Waals surface area contributed by atoms with Gasteiger partial charge in [-0.05, 0) is 149 Å². The molecule has 3 aliphatic heterocycles. The molecule has 5 aromatic carbocycles. The van der Waals surface area contributed by atoms with Crippen LogP contribution in [0, 0.1) is 5.92 Å². The zero-order valence-corrected chi connectivity index (χ0v) is 45.4. The number of esters is 3. The number of azo groups is 1. The van der Waals surface area contributed by atoms with Crippen LogP contribution in [0.2, 0.25) is 0 Å². The van der Waals surface area contributed by atoms with Crippen LogP contribution in [0.4, 0.5) is 17.1 Å². The Bertz CT molecular complexity index is 3220. The van der Waals surface area contributed by atoms with Crippen LogP contribution in [0.25, 0.3) is 0 Å². The molecule has 4 amide bonds. The van der Waals surface area contributed by atoms with Crippen LogP contribution in [0.5, 0.6) is 23.0 Å². The molecule has 8 rings (SSSR count). The van der Waals surface area contributed by atoms with Crippen LogP contribution < -0.4 is 36.8 Å². The Kier molecular flexibility index (Phi) is 17.8. The number of hydrogen-bond donors (Lipinski definition) is 7. The first-order valence-corrected chi connectivity index (χ1v) is 26.3. The Balaban J connectivity index is 0.851. The summed E-state index contributed by atoms with van der Waals surface area (Å²) in [5.74, 6) is -7.14. The minimum atomic E-state index is -1.71. The largest absolute Gasteiger partial charge is 0.508 e. The molecule has 5 atom stereocenters. The van der Waals surface area contributed by atoms with Crippen molar-refractivity contribution >= 4 is 64.6 Å². The van der Waals surface area contributed by atoms with Crippen LogP contribution in [0.1, 0.15) is 108 Å². The summed E-state index contributed by atoms with van der Waals surface area (Å²) >= 11 is 0. The van der Waals surface area contributed by atoms with Crippen molar-refractivity contribution in [3.8, 4) is 23.0 Å². The average Bonchev–Trinajstić information content (AvgIpc) is 2.80. The molecule has 1 fully saturated rings. The number of hydroxylamine groups is 1. The number of unbranched alkanes of at least 4 members (excludes halogenated alkanes) is 1. The fourth-order valence-corrected chi connectivity index (χ4v) is 9.64. The summed E-state index contributed by atoms with van der Waals surface area (Å²) in [5.41, 5.74) is 9.56. The van der Waals surface area contributed by atoms with E-state index in [2.05, 4.69) is 31.7 Å². The summed E-state index contributed by atoms with van der Waals surface area (Å²) in [7, 11) is 3.87. The highest BCUT2D eigenvalue weighted by Gasteiger charge is 2.54. The van der Waals surface area contributed by atoms with E-state index in [0.717, 1.165) is 5.69 Å². The fraction of sp³-hybridized carbons (Fsp3) is 0.345. The number of fused-ring (bicyclic) bond motifs is 6. The number of phenols is 2. The Hall–Kier alpha value is -9.22. The maximum absolute atomic E-state index is 14.0. The Labute approximate surface area is 466 Å². The van der Waals surface area contributed by atoms with Crippen molar-refractivity contribution in [1.29, 1.82) is 0 Å². The fourth-order valence-electron chi connectivity index (χ4n) is 9.64. The molecule has 8 N–H and O–H groups in total. The maximum Gasteiger partial charge on any atom is 0.356 e. The summed E-state index contributed by atoms with van der Waals surface area (Å²) < 4.78 is 17.4. The zero-order valence-electron chi connectivity index (χ0n) is 45.4. The van der Waals surface area contributed by atoms with Gasteiger partial charge in [0.2, 0.25) is 23.6 Å². The van der Waals surface area contributed by atoms with Gasteiger partial charge in [-0.3, -0.25) is 19.2 Å². The summed E-state index contributed by atoms with van der Waals surface area (Å²) in [4.78, 5) is 118. The van der Waals surface area contributed by atoms with Crippen LogP contribution in [0.15, 0.2) is 113 Å². The average molecular weight is 1110 g/mol. The quantitative estimate of drug-likeness (QED) is 0.0120. The van der Waals surface area contributed by atoms with Crippen molar-refractivity contribution in [1.82, 2.24) is 26.3 Å². The number of carbonyl (C=O) groups excluding carboxylic acids is 8. The first-order chi connectivity index (χ1) is 38.7. The third-order valence-corrected chi connectivity index (χ3v) is 14.0.